The highest BCUT2D eigenvalue weighted by Gasteiger charge is 2.15. The quantitative estimate of drug-likeness (QED) is 0.555. The van der Waals surface area contributed by atoms with Crippen LogP contribution in [0.2, 0.25) is 0 Å². The van der Waals surface area contributed by atoms with E-state index in [2.05, 4.69) is 51.7 Å². The van der Waals surface area contributed by atoms with Crippen LogP contribution < -0.4 is 0 Å². The Bertz CT molecular complexity index is 411. The summed E-state index contributed by atoms with van der Waals surface area (Å²) in [5.41, 5.74) is 4.43. The van der Waals surface area contributed by atoms with Gasteiger partial charge in [-0.05, 0) is 34.9 Å². The number of aliphatic imine (C=N–C) groups is 1. The Labute approximate surface area is 104 Å². The Morgan fingerprint density at radius 2 is 1.59 bits per heavy atom. The SMILES string of the molecule is CCc1cc(C(C)C)c(N=C=O)c(C(C)C)c1. The minimum atomic E-state index is 0.367. The van der Waals surface area contributed by atoms with Crippen molar-refractivity contribution in [1.82, 2.24) is 0 Å². The highest BCUT2D eigenvalue weighted by Crippen LogP contribution is 2.35. The predicted molar refractivity (Wildman–Crippen MR) is 71.8 cm³/mol. The molecule has 0 saturated carbocycles. The monoisotopic (exact) mass is 231 g/mol. The first-order valence-corrected chi connectivity index (χ1v) is 6.25. The fourth-order valence-corrected chi connectivity index (χ4v) is 2.00. The lowest BCUT2D eigenvalue weighted by atomic mass is 9.90. The maximum absolute atomic E-state index is 10.6. The van der Waals surface area contributed by atoms with Crippen LogP contribution in [-0.4, -0.2) is 6.08 Å². The highest BCUT2D eigenvalue weighted by molar-refractivity contribution is 5.62. The lowest BCUT2D eigenvalue weighted by Crippen LogP contribution is -1.98. The normalized spacial score (nSPS) is 10.8. The van der Waals surface area contributed by atoms with Crippen molar-refractivity contribution in [3.05, 3.63) is 28.8 Å². The third-order valence-electron chi connectivity index (χ3n) is 3.04. The number of rotatable bonds is 4. The molecule has 0 aliphatic carbocycles. The minimum Gasteiger partial charge on any atom is -0.211 e. The molecule has 0 N–H and O–H groups in total. The second kappa shape index (κ2) is 5.79. The zero-order chi connectivity index (χ0) is 13.0. The van der Waals surface area contributed by atoms with E-state index in [1.165, 1.54) is 5.56 Å². The number of carbonyl (C=O) groups excluding carboxylic acids is 1. The molecule has 2 nitrogen and oxygen atoms in total. The van der Waals surface area contributed by atoms with Crippen molar-refractivity contribution in [3.63, 3.8) is 0 Å². The van der Waals surface area contributed by atoms with Crippen molar-refractivity contribution in [3.8, 4) is 0 Å². The van der Waals surface area contributed by atoms with Crippen LogP contribution in [0.15, 0.2) is 17.1 Å². The van der Waals surface area contributed by atoms with E-state index in [-0.39, 0.29) is 0 Å². The molecule has 92 valence electrons. The summed E-state index contributed by atoms with van der Waals surface area (Å²) in [7, 11) is 0. The number of hydrogen-bond donors (Lipinski definition) is 0. The molecule has 1 rings (SSSR count). The van der Waals surface area contributed by atoms with Gasteiger partial charge in [-0.25, -0.2) is 4.79 Å². The first kappa shape index (κ1) is 13.7. The van der Waals surface area contributed by atoms with E-state index in [1.54, 1.807) is 6.08 Å². The third kappa shape index (κ3) is 3.04. The molecule has 1 aromatic carbocycles. The van der Waals surface area contributed by atoms with Gasteiger partial charge in [-0.3, -0.25) is 0 Å². The second-order valence-electron chi connectivity index (χ2n) is 4.99. The van der Waals surface area contributed by atoms with Gasteiger partial charge in [0, 0.05) is 0 Å². The number of benzene rings is 1. The van der Waals surface area contributed by atoms with Crippen molar-refractivity contribution < 1.29 is 4.79 Å². The van der Waals surface area contributed by atoms with Crippen LogP contribution in [-0.2, 0) is 11.2 Å². The van der Waals surface area contributed by atoms with E-state index in [4.69, 9.17) is 0 Å². The molecule has 2 heteroatoms. The van der Waals surface area contributed by atoms with Gasteiger partial charge in [-0.1, -0.05) is 46.8 Å². The Morgan fingerprint density at radius 1 is 1.12 bits per heavy atom. The van der Waals surface area contributed by atoms with Crippen molar-refractivity contribution in [2.24, 2.45) is 4.99 Å². The summed E-state index contributed by atoms with van der Waals surface area (Å²) in [5.74, 6) is 0.734. The van der Waals surface area contributed by atoms with Crippen LogP contribution >= 0.6 is 0 Å². The minimum absolute atomic E-state index is 0.367. The van der Waals surface area contributed by atoms with Gasteiger partial charge in [0.15, 0.2) is 0 Å². The molecule has 0 amide bonds. The van der Waals surface area contributed by atoms with E-state index < -0.39 is 0 Å². The molecule has 17 heavy (non-hydrogen) atoms. The summed E-state index contributed by atoms with van der Waals surface area (Å²) < 4.78 is 0. The summed E-state index contributed by atoms with van der Waals surface area (Å²) in [4.78, 5) is 14.5. The van der Waals surface area contributed by atoms with Gasteiger partial charge in [-0.15, -0.1) is 0 Å². The lowest BCUT2D eigenvalue weighted by Gasteiger charge is -2.17. The van der Waals surface area contributed by atoms with Gasteiger partial charge in [-0.2, -0.15) is 4.99 Å². The Balaban J connectivity index is 3.54. The molecular weight excluding hydrogens is 210 g/mol. The molecule has 0 heterocycles. The summed E-state index contributed by atoms with van der Waals surface area (Å²) in [5, 5.41) is 0. The maximum Gasteiger partial charge on any atom is 0.240 e. The predicted octanol–water partition coefficient (Wildman–Crippen LogP) is 4.46. The highest BCUT2D eigenvalue weighted by atomic mass is 16.1. The molecular formula is C15H21NO. The summed E-state index contributed by atoms with van der Waals surface area (Å²) in [6, 6.07) is 4.32. The third-order valence-corrected chi connectivity index (χ3v) is 3.04. The molecule has 1 aromatic rings. The average Bonchev–Trinajstić information content (AvgIpc) is 2.28. The maximum atomic E-state index is 10.6. The van der Waals surface area contributed by atoms with Crippen molar-refractivity contribution in [1.29, 1.82) is 0 Å². The van der Waals surface area contributed by atoms with Gasteiger partial charge in [0.2, 0.25) is 6.08 Å². The summed E-state index contributed by atoms with van der Waals surface area (Å²) >= 11 is 0. The van der Waals surface area contributed by atoms with Crippen LogP contribution in [0, 0.1) is 0 Å². The van der Waals surface area contributed by atoms with Crippen LogP contribution in [0.25, 0.3) is 0 Å². The van der Waals surface area contributed by atoms with E-state index >= 15 is 0 Å². The van der Waals surface area contributed by atoms with Gasteiger partial charge < -0.3 is 0 Å². The number of nitrogens with zero attached hydrogens (tertiary/aromatic N) is 1. The van der Waals surface area contributed by atoms with E-state index in [0.717, 1.165) is 23.2 Å². The van der Waals surface area contributed by atoms with E-state index in [0.29, 0.717) is 11.8 Å². The Morgan fingerprint density at radius 3 is 1.88 bits per heavy atom. The smallest absolute Gasteiger partial charge is 0.211 e. The molecule has 0 spiro atoms. The molecule has 0 bridgehead atoms. The van der Waals surface area contributed by atoms with Crippen molar-refractivity contribution in [2.45, 2.75) is 52.9 Å². The number of isocyanates is 1. The van der Waals surface area contributed by atoms with Crippen LogP contribution in [0.1, 0.15) is 63.1 Å². The van der Waals surface area contributed by atoms with Gasteiger partial charge >= 0.3 is 0 Å². The fourth-order valence-electron chi connectivity index (χ4n) is 2.00. The average molecular weight is 231 g/mol. The Kier molecular flexibility index (Phi) is 4.65. The fraction of sp³-hybridized carbons (Fsp3) is 0.533. The lowest BCUT2D eigenvalue weighted by molar-refractivity contribution is 0.565. The molecule has 0 aromatic heterocycles. The molecule has 0 aliphatic heterocycles. The first-order chi connectivity index (χ1) is 8.01. The summed E-state index contributed by atoms with van der Waals surface area (Å²) in [6.07, 6.45) is 2.69. The summed E-state index contributed by atoms with van der Waals surface area (Å²) in [6.45, 7) is 10.7. The number of hydrogen-bond acceptors (Lipinski definition) is 2. The van der Waals surface area contributed by atoms with E-state index in [9.17, 15) is 4.79 Å². The van der Waals surface area contributed by atoms with Crippen molar-refractivity contribution in [2.75, 3.05) is 0 Å². The van der Waals surface area contributed by atoms with Gasteiger partial charge in [0.05, 0.1) is 5.69 Å². The largest absolute Gasteiger partial charge is 0.240 e. The van der Waals surface area contributed by atoms with Crippen LogP contribution in [0.4, 0.5) is 5.69 Å². The number of aryl methyl sites for hydroxylation is 1. The molecule has 0 fully saturated rings. The first-order valence-electron chi connectivity index (χ1n) is 6.25. The zero-order valence-corrected chi connectivity index (χ0v) is 11.4. The van der Waals surface area contributed by atoms with Gasteiger partial charge in [0.25, 0.3) is 0 Å². The molecule has 0 saturated heterocycles. The van der Waals surface area contributed by atoms with Gasteiger partial charge in [0.1, 0.15) is 0 Å². The van der Waals surface area contributed by atoms with E-state index in [1.807, 2.05) is 0 Å². The molecule has 0 radical (unpaired) electrons. The zero-order valence-electron chi connectivity index (χ0n) is 11.4. The van der Waals surface area contributed by atoms with Crippen LogP contribution in [0.5, 0.6) is 0 Å². The molecule has 0 aliphatic rings. The standard InChI is InChI=1S/C15H21NO/c1-6-12-7-13(10(2)3)15(16-9-17)14(8-12)11(4)5/h7-8,10-11H,6H2,1-5H3. The Hall–Kier alpha value is -1.40. The van der Waals surface area contributed by atoms with Crippen LogP contribution in [0.3, 0.4) is 0 Å². The second-order valence-corrected chi connectivity index (χ2v) is 4.99. The molecule has 0 unspecified atom stereocenters. The molecule has 0 atom stereocenters. The van der Waals surface area contributed by atoms with Crippen molar-refractivity contribution >= 4 is 11.8 Å². The topological polar surface area (TPSA) is 29.4 Å².